The number of aromatic amines is 1. The summed E-state index contributed by atoms with van der Waals surface area (Å²) in [6.07, 6.45) is 0. The minimum atomic E-state index is 0.838. The molecule has 1 aromatic heterocycles. The van der Waals surface area contributed by atoms with Crippen LogP contribution >= 0.6 is 22.6 Å². The van der Waals surface area contributed by atoms with Gasteiger partial charge >= 0.3 is 0 Å². The minimum absolute atomic E-state index is 0.838. The number of nitrogens with one attached hydrogen (secondary N) is 1. The standard InChI is InChI=1S/C8H7IN2O/c1-12-5-2-3-6-7(4-5)11-8(9)10-6/h2-4H,1H3,(H,10,11). The zero-order valence-corrected chi connectivity index (χ0v) is 8.62. The Labute approximate surface area is 83.3 Å². The second-order valence-electron chi connectivity index (χ2n) is 2.41. The van der Waals surface area contributed by atoms with E-state index in [9.17, 15) is 0 Å². The molecule has 0 radical (unpaired) electrons. The van der Waals surface area contributed by atoms with E-state index in [0.29, 0.717) is 0 Å². The van der Waals surface area contributed by atoms with Crippen molar-refractivity contribution in [3.8, 4) is 5.75 Å². The summed E-state index contributed by atoms with van der Waals surface area (Å²) in [7, 11) is 1.65. The van der Waals surface area contributed by atoms with Gasteiger partial charge in [0, 0.05) is 6.07 Å². The molecule has 1 heterocycles. The van der Waals surface area contributed by atoms with E-state index in [1.54, 1.807) is 7.11 Å². The van der Waals surface area contributed by atoms with Crippen LogP contribution in [0.25, 0.3) is 11.0 Å². The molecule has 3 nitrogen and oxygen atoms in total. The van der Waals surface area contributed by atoms with Gasteiger partial charge in [-0.25, -0.2) is 4.98 Å². The molecule has 0 fully saturated rings. The highest BCUT2D eigenvalue weighted by atomic mass is 127. The predicted molar refractivity (Wildman–Crippen MR) is 55.4 cm³/mol. The third-order valence-corrected chi connectivity index (χ3v) is 2.17. The Balaban J connectivity index is 2.66. The van der Waals surface area contributed by atoms with Crippen molar-refractivity contribution in [3.63, 3.8) is 0 Å². The van der Waals surface area contributed by atoms with Gasteiger partial charge in [0.2, 0.25) is 0 Å². The Kier molecular flexibility index (Phi) is 1.92. The number of ether oxygens (including phenoxy) is 1. The van der Waals surface area contributed by atoms with Crippen LogP contribution in [-0.2, 0) is 0 Å². The zero-order valence-electron chi connectivity index (χ0n) is 6.47. The molecule has 1 aromatic carbocycles. The maximum Gasteiger partial charge on any atom is 0.169 e. The van der Waals surface area contributed by atoms with Gasteiger partial charge in [0.15, 0.2) is 3.83 Å². The lowest BCUT2D eigenvalue weighted by Crippen LogP contribution is -1.81. The fraction of sp³-hybridized carbons (Fsp3) is 0.125. The van der Waals surface area contributed by atoms with Crippen molar-refractivity contribution in [1.82, 2.24) is 9.97 Å². The molecule has 2 aromatic rings. The van der Waals surface area contributed by atoms with E-state index in [0.717, 1.165) is 20.6 Å². The van der Waals surface area contributed by atoms with Crippen molar-refractivity contribution >= 4 is 33.6 Å². The summed E-state index contributed by atoms with van der Waals surface area (Å²) in [5.74, 6) is 0.838. The molecule has 0 bridgehead atoms. The summed E-state index contributed by atoms with van der Waals surface area (Å²) in [4.78, 5) is 7.40. The van der Waals surface area contributed by atoms with Crippen molar-refractivity contribution in [1.29, 1.82) is 0 Å². The van der Waals surface area contributed by atoms with Crippen LogP contribution in [0.1, 0.15) is 0 Å². The molecule has 0 atom stereocenters. The van der Waals surface area contributed by atoms with Crippen molar-refractivity contribution in [3.05, 3.63) is 22.0 Å². The fourth-order valence-electron chi connectivity index (χ4n) is 1.08. The van der Waals surface area contributed by atoms with Crippen LogP contribution in [0, 0.1) is 3.83 Å². The van der Waals surface area contributed by atoms with Crippen LogP contribution in [-0.4, -0.2) is 17.1 Å². The molecule has 0 aliphatic rings. The van der Waals surface area contributed by atoms with Crippen molar-refractivity contribution < 1.29 is 4.74 Å². The summed E-state index contributed by atoms with van der Waals surface area (Å²) in [5.41, 5.74) is 1.99. The normalized spacial score (nSPS) is 10.5. The maximum absolute atomic E-state index is 5.08. The van der Waals surface area contributed by atoms with Gasteiger partial charge < -0.3 is 9.72 Å². The fourth-order valence-corrected chi connectivity index (χ4v) is 1.63. The zero-order chi connectivity index (χ0) is 8.55. The number of hydrogen-bond donors (Lipinski definition) is 1. The number of H-pyrrole nitrogens is 1. The molecule has 0 spiro atoms. The van der Waals surface area contributed by atoms with Crippen LogP contribution in [0.4, 0.5) is 0 Å². The van der Waals surface area contributed by atoms with E-state index >= 15 is 0 Å². The van der Waals surface area contributed by atoms with Crippen molar-refractivity contribution in [2.24, 2.45) is 0 Å². The highest BCUT2D eigenvalue weighted by molar-refractivity contribution is 14.1. The third-order valence-electron chi connectivity index (χ3n) is 1.66. The topological polar surface area (TPSA) is 37.9 Å². The number of nitrogens with zero attached hydrogens (tertiary/aromatic N) is 1. The van der Waals surface area contributed by atoms with Crippen LogP contribution in [0.2, 0.25) is 0 Å². The molecule has 4 heteroatoms. The number of halogens is 1. The monoisotopic (exact) mass is 274 g/mol. The Bertz CT molecular complexity index is 410. The van der Waals surface area contributed by atoms with Gasteiger partial charge in [-0.05, 0) is 34.7 Å². The second kappa shape index (κ2) is 2.93. The number of benzene rings is 1. The Morgan fingerprint density at radius 1 is 1.50 bits per heavy atom. The molecule has 0 saturated carbocycles. The van der Waals surface area contributed by atoms with Crippen LogP contribution in [0.15, 0.2) is 18.2 Å². The Hall–Kier alpha value is -0.780. The van der Waals surface area contributed by atoms with Crippen molar-refractivity contribution in [2.75, 3.05) is 7.11 Å². The number of aromatic nitrogens is 2. The SMILES string of the molecule is COc1ccc2[nH]c(I)nc2c1. The number of methoxy groups -OCH3 is 1. The molecule has 0 unspecified atom stereocenters. The highest BCUT2D eigenvalue weighted by Gasteiger charge is 2.00. The quantitative estimate of drug-likeness (QED) is 0.809. The van der Waals surface area contributed by atoms with Gasteiger partial charge in [0.05, 0.1) is 18.1 Å². The van der Waals surface area contributed by atoms with Gasteiger partial charge in [-0.1, -0.05) is 0 Å². The van der Waals surface area contributed by atoms with Crippen LogP contribution in [0.5, 0.6) is 5.75 Å². The van der Waals surface area contributed by atoms with Gasteiger partial charge in [0.25, 0.3) is 0 Å². The summed E-state index contributed by atoms with van der Waals surface area (Å²) < 4.78 is 5.97. The van der Waals surface area contributed by atoms with E-state index in [2.05, 4.69) is 32.6 Å². The van der Waals surface area contributed by atoms with Crippen LogP contribution in [0.3, 0.4) is 0 Å². The minimum Gasteiger partial charge on any atom is -0.497 e. The van der Waals surface area contributed by atoms with Crippen LogP contribution < -0.4 is 4.74 Å². The van der Waals surface area contributed by atoms with E-state index in [1.165, 1.54) is 0 Å². The number of rotatable bonds is 1. The number of fused-ring (bicyclic) bond motifs is 1. The van der Waals surface area contributed by atoms with Gasteiger partial charge in [0.1, 0.15) is 5.75 Å². The molecule has 0 saturated heterocycles. The molecule has 1 N–H and O–H groups in total. The Morgan fingerprint density at radius 2 is 2.33 bits per heavy atom. The lowest BCUT2D eigenvalue weighted by Gasteiger charge is -1.96. The molecule has 0 aliphatic carbocycles. The average molecular weight is 274 g/mol. The smallest absolute Gasteiger partial charge is 0.169 e. The number of hydrogen-bond acceptors (Lipinski definition) is 2. The largest absolute Gasteiger partial charge is 0.497 e. The molecular weight excluding hydrogens is 267 g/mol. The first-order chi connectivity index (χ1) is 5.79. The first kappa shape index (κ1) is 7.85. The van der Waals surface area contributed by atoms with E-state index in [-0.39, 0.29) is 0 Å². The lowest BCUT2D eigenvalue weighted by atomic mass is 10.3. The van der Waals surface area contributed by atoms with Gasteiger partial charge in [-0.15, -0.1) is 0 Å². The summed E-state index contributed by atoms with van der Waals surface area (Å²) in [6.45, 7) is 0. The molecule has 12 heavy (non-hydrogen) atoms. The maximum atomic E-state index is 5.08. The second-order valence-corrected chi connectivity index (χ2v) is 3.43. The summed E-state index contributed by atoms with van der Waals surface area (Å²) >= 11 is 2.15. The van der Waals surface area contributed by atoms with E-state index in [4.69, 9.17) is 4.74 Å². The summed E-state index contributed by atoms with van der Waals surface area (Å²) in [6, 6.07) is 5.79. The van der Waals surface area contributed by atoms with E-state index < -0.39 is 0 Å². The van der Waals surface area contributed by atoms with Gasteiger partial charge in [-0.2, -0.15) is 0 Å². The van der Waals surface area contributed by atoms with Crippen molar-refractivity contribution in [2.45, 2.75) is 0 Å². The molecule has 2 rings (SSSR count). The molecule has 0 amide bonds. The molecular formula is C8H7IN2O. The lowest BCUT2D eigenvalue weighted by molar-refractivity contribution is 0.415. The first-order valence-corrected chi connectivity index (χ1v) is 4.57. The first-order valence-electron chi connectivity index (χ1n) is 3.49. The molecule has 0 aliphatic heterocycles. The Morgan fingerprint density at radius 3 is 3.08 bits per heavy atom. The molecule has 62 valence electrons. The highest BCUT2D eigenvalue weighted by Crippen LogP contribution is 2.18. The summed E-state index contributed by atoms with van der Waals surface area (Å²) in [5, 5.41) is 0. The van der Waals surface area contributed by atoms with Gasteiger partial charge in [-0.3, -0.25) is 0 Å². The third kappa shape index (κ3) is 1.26. The average Bonchev–Trinajstić information content (AvgIpc) is 2.43. The number of imidazole rings is 1. The van der Waals surface area contributed by atoms with E-state index in [1.807, 2.05) is 18.2 Å². The predicted octanol–water partition coefficient (Wildman–Crippen LogP) is 2.18.